The first kappa shape index (κ1) is 14.9. The summed E-state index contributed by atoms with van der Waals surface area (Å²) in [4.78, 5) is 12.1. The summed E-state index contributed by atoms with van der Waals surface area (Å²) in [6.07, 6.45) is 4.65. The van der Waals surface area contributed by atoms with Crippen LogP contribution in [0, 0.1) is 12.8 Å². The van der Waals surface area contributed by atoms with Crippen LogP contribution in [0.25, 0.3) is 0 Å². The molecule has 1 aromatic rings. The van der Waals surface area contributed by atoms with Crippen LogP contribution in [0.4, 0.5) is 4.79 Å². The third kappa shape index (κ3) is 3.99. The third-order valence-corrected chi connectivity index (χ3v) is 4.35. The molecule has 3 heteroatoms. The van der Waals surface area contributed by atoms with Gasteiger partial charge in [-0.05, 0) is 56.6 Å². The van der Waals surface area contributed by atoms with Crippen molar-refractivity contribution in [3.63, 3.8) is 0 Å². The van der Waals surface area contributed by atoms with Crippen LogP contribution in [-0.4, -0.2) is 12.1 Å². The SMILES string of the molecule is Cc1ccccc1C(C)NC(=O)NC1CCC(C)CC1. The molecule has 3 nitrogen and oxygen atoms in total. The smallest absolute Gasteiger partial charge is 0.315 e. The van der Waals surface area contributed by atoms with E-state index in [9.17, 15) is 4.79 Å². The van der Waals surface area contributed by atoms with Crippen LogP contribution in [0.5, 0.6) is 0 Å². The number of urea groups is 1. The Morgan fingerprint density at radius 3 is 2.50 bits per heavy atom. The van der Waals surface area contributed by atoms with Crippen molar-refractivity contribution < 1.29 is 4.79 Å². The lowest BCUT2D eigenvalue weighted by atomic mass is 9.87. The lowest BCUT2D eigenvalue weighted by molar-refractivity contribution is 0.225. The topological polar surface area (TPSA) is 41.1 Å². The molecule has 0 spiro atoms. The van der Waals surface area contributed by atoms with Crippen molar-refractivity contribution >= 4 is 6.03 Å². The number of aryl methyl sites for hydroxylation is 1. The highest BCUT2D eigenvalue weighted by Gasteiger charge is 2.20. The van der Waals surface area contributed by atoms with Crippen LogP contribution < -0.4 is 10.6 Å². The number of hydrogen-bond donors (Lipinski definition) is 2. The summed E-state index contributed by atoms with van der Waals surface area (Å²) in [6.45, 7) is 6.40. The Morgan fingerprint density at radius 2 is 1.85 bits per heavy atom. The van der Waals surface area contributed by atoms with Gasteiger partial charge < -0.3 is 10.6 Å². The van der Waals surface area contributed by atoms with Gasteiger partial charge in [0.1, 0.15) is 0 Å². The Bertz CT molecular complexity index is 450. The van der Waals surface area contributed by atoms with Crippen molar-refractivity contribution in [2.75, 3.05) is 0 Å². The van der Waals surface area contributed by atoms with Gasteiger partial charge in [0.05, 0.1) is 6.04 Å². The van der Waals surface area contributed by atoms with Gasteiger partial charge in [-0.15, -0.1) is 0 Å². The Balaban J connectivity index is 1.84. The Hall–Kier alpha value is -1.51. The first-order valence-corrected chi connectivity index (χ1v) is 7.69. The van der Waals surface area contributed by atoms with Gasteiger partial charge in [0.15, 0.2) is 0 Å². The maximum atomic E-state index is 12.1. The molecule has 2 rings (SSSR count). The summed E-state index contributed by atoms with van der Waals surface area (Å²) in [7, 11) is 0. The van der Waals surface area contributed by atoms with Gasteiger partial charge >= 0.3 is 6.03 Å². The number of amides is 2. The van der Waals surface area contributed by atoms with Crippen molar-refractivity contribution in [2.45, 2.75) is 58.5 Å². The highest BCUT2D eigenvalue weighted by molar-refractivity contribution is 5.74. The van der Waals surface area contributed by atoms with Gasteiger partial charge in [-0.25, -0.2) is 4.79 Å². The zero-order valence-corrected chi connectivity index (χ0v) is 12.8. The van der Waals surface area contributed by atoms with Crippen LogP contribution in [0.15, 0.2) is 24.3 Å². The molecule has 1 unspecified atom stereocenters. The fourth-order valence-electron chi connectivity index (χ4n) is 2.98. The summed E-state index contributed by atoms with van der Waals surface area (Å²) < 4.78 is 0. The molecule has 1 fully saturated rings. The first-order chi connectivity index (χ1) is 9.56. The van der Waals surface area contributed by atoms with E-state index in [1.165, 1.54) is 24.0 Å². The van der Waals surface area contributed by atoms with E-state index >= 15 is 0 Å². The minimum atomic E-state index is -0.0414. The molecule has 1 aliphatic carbocycles. The summed E-state index contributed by atoms with van der Waals surface area (Å²) in [5.74, 6) is 0.807. The van der Waals surface area contributed by atoms with Crippen molar-refractivity contribution in [3.8, 4) is 0 Å². The van der Waals surface area contributed by atoms with E-state index in [1.54, 1.807) is 0 Å². The van der Waals surface area contributed by atoms with Crippen LogP contribution >= 0.6 is 0 Å². The van der Waals surface area contributed by atoms with Crippen LogP contribution in [0.3, 0.4) is 0 Å². The molecule has 0 saturated heterocycles. The van der Waals surface area contributed by atoms with E-state index in [-0.39, 0.29) is 12.1 Å². The van der Waals surface area contributed by atoms with Gasteiger partial charge in [0, 0.05) is 6.04 Å². The molecule has 0 heterocycles. The Morgan fingerprint density at radius 1 is 1.20 bits per heavy atom. The molecule has 0 radical (unpaired) electrons. The Kier molecular flexibility index (Phi) is 5.05. The number of carbonyl (C=O) groups is 1. The normalized spacial score (nSPS) is 23.9. The summed E-state index contributed by atoms with van der Waals surface area (Å²) in [5, 5.41) is 6.15. The molecular formula is C17H26N2O. The second-order valence-electron chi connectivity index (χ2n) is 6.15. The lowest BCUT2D eigenvalue weighted by Crippen LogP contribution is -2.44. The highest BCUT2D eigenvalue weighted by atomic mass is 16.2. The van der Waals surface area contributed by atoms with Crippen molar-refractivity contribution in [1.82, 2.24) is 10.6 Å². The number of hydrogen-bond acceptors (Lipinski definition) is 1. The van der Waals surface area contributed by atoms with Gasteiger partial charge in [0.25, 0.3) is 0 Å². The molecule has 110 valence electrons. The Labute approximate surface area is 122 Å². The molecule has 2 N–H and O–H groups in total. The van der Waals surface area contributed by atoms with E-state index in [0.29, 0.717) is 6.04 Å². The zero-order valence-electron chi connectivity index (χ0n) is 12.8. The van der Waals surface area contributed by atoms with Gasteiger partial charge in [0.2, 0.25) is 0 Å². The predicted molar refractivity (Wildman–Crippen MR) is 82.7 cm³/mol. The second-order valence-corrected chi connectivity index (χ2v) is 6.15. The van der Waals surface area contributed by atoms with Gasteiger partial charge in [-0.3, -0.25) is 0 Å². The number of nitrogens with one attached hydrogen (secondary N) is 2. The van der Waals surface area contributed by atoms with Crippen molar-refractivity contribution in [1.29, 1.82) is 0 Å². The average molecular weight is 274 g/mol. The summed E-state index contributed by atoms with van der Waals surface area (Å²) in [6, 6.07) is 8.53. The average Bonchev–Trinajstić information content (AvgIpc) is 2.41. The quantitative estimate of drug-likeness (QED) is 0.861. The van der Waals surface area contributed by atoms with Crippen LogP contribution in [0.2, 0.25) is 0 Å². The minimum absolute atomic E-state index is 0.0405. The fourth-order valence-corrected chi connectivity index (χ4v) is 2.98. The molecule has 1 aromatic carbocycles. The molecule has 0 aromatic heterocycles. The van der Waals surface area contributed by atoms with Crippen molar-refractivity contribution in [2.24, 2.45) is 5.92 Å². The molecule has 2 amide bonds. The van der Waals surface area contributed by atoms with Crippen molar-refractivity contribution in [3.05, 3.63) is 35.4 Å². The monoisotopic (exact) mass is 274 g/mol. The molecule has 1 saturated carbocycles. The molecule has 0 bridgehead atoms. The van der Waals surface area contributed by atoms with E-state index in [1.807, 2.05) is 19.1 Å². The number of rotatable bonds is 3. The van der Waals surface area contributed by atoms with Crippen LogP contribution in [-0.2, 0) is 0 Å². The molecule has 1 aliphatic rings. The maximum Gasteiger partial charge on any atom is 0.315 e. The summed E-state index contributed by atoms with van der Waals surface area (Å²) >= 11 is 0. The second kappa shape index (κ2) is 6.78. The number of carbonyl (C=O) groups excluding carboxylic acids is 1. The molecule has 0 aliphatic heterocycles. The van der Waals surface area contributed by atoms with Gasteiger partial charge in [-0.2, -0.15) is 0 Å². The first-order valence-electron chi connectivity index (χ1n) is 7.69. The predicted octanol–water partition coefficient (Wildman–Crippen LogP) is 3.93. The zero-order chi connectivity index (χ0) is 14.5. The summed E-state index contributed by atoms with van der Waals surface area (Å²) in [5.41, 5.74) is 2.40. The van der Waals surface area contributed by atoms with E-state index in [4.69, 9.17) is 0 Å². The third-order valence-electron chi connectivity index (χ3n) is 4.35. The van der Waals surface area contributed by atoms with Crippen LogP contribution in [0.1, 0.15) is 56.7 Å². The number of benzene rings is 1. The largest absolute Gasteiger partial charge is 0.335 e. The van der Waals surface area contributed by atoms with E-state index in [0.717, 1.165) is 18.8 Å². The van der Waals surface area contributed by atoms with E-state index < -0.39 is 0 Å². The highest BCUT2D eigenvalue weighted by Crippen LogP contribution is 2.23. The maximum absolute atomic E-state index is 12.1. The van der Waals surface area contributed by atoms with E-state index in [2.05, 4.69) is 36.6 Å². The molecule has 20 heavy (non-hydrogen) atoms. The minimum Gasteiger partial charge on any atom is -0.335 e. The fraction of sp³-hybridized carbons (Fsp3) is 0.588. The lowest BCUT2D eigenvalue weighted by Gasteiger charge is -2.27. The standard InChI is InChI=1S/C17H26N2O/c1-12-8-10-15(11-9-12)19-17(20)18-14(3)16-7-5-4-6-13(16)2/h4-7,12,14-15H,8-11H2,1-3H3,(H2,18,19,20). The molecular weight excluding hydrogens is 248 g/mol. The van der Waals surface area contributed by atoms with Gasteiger partial charge in [-0.1, -0.05) is 31.2 Å². The molecule has 1 atom stereocenters.